The van der Waals surface area contributed by atoms with Gasteiger partial charge < -0.3 is 10.1 Å². The number of ether oxygens (including phenoxy) is 1. The summed E-state index contributed by atoms with van der Waals surface area (Å²) in [6.07, 6.45) is 1.42. The number of tetrazole rings is 1. The van der Waals surface area contributed by atoms with Gasteiger partial charge in [0, 0.05) is 11.3 Å². The minimum atomic E-state index is -3.93. The van der Waals surface area contributed by atoms with Crippen molar-refractivity contribution in [1.29, 1.82) is 0 Å². The molecule has 0 aliphatic rings. The van der Waals surface area contributed by atoms with Gasteiger partial charge >= 0.3 is 0 Å². The van der Waals surface area contributed by atoms with Crippen LogP contribution >= 0.6 is 0 Å². The monoisotopic (exact) mass is 464 g/mol. The fourth-order valence-electron chi connectivity index (χ4n) is 3.10. The van der Waals surface area contributed by atoms with Crippen LogP contribution in [0.2, 0.25) is 0 Å². The molecule has 4 aromatic rings. The summed E-state index contributed by atoms with van der Waals surface area (Å²) in [4.78, 5) is 12.9. The van der Waals surface area contributed by atoms with Crippen LogP contribution in [0, 0.1) is 6.92 Å². The molecule has 0 atom stereocenters. The molecule has 0 fully saturated rings. The van der Waals surface area contributed by atoms with E-state index in [1.807, 2.05) is 0 Å². The van der Waals surface area contributed by atoms with Crippen molar-refractivity contribution < 1.29 is 17.9 Å². The van der Waals surface area contributed by atoms with E-state index in [4.69, 9.17) is 4.74 Å². The first-order valence-electron chi connectivity index (χ1n) is 9.78. The molecule has 10 nitrogen and oxygen atoms in total. The van der Waals surface area contributed by atoms with E-state index < -0.39 is 15.9 Å². The van der Waals surface area contributed by atoms with E-state index in [0.29, 0.717) is 33.9 Å². The lowest BCUT2D eigenvalue weighted by atomic mass is 10.1. The normalized spacial score (nSPS) is 11.1. The zero-order chi connectivity index (χ0) is 23.4. The number of aromatic nitrogens is 4. The number of rotatable bonds is 7. The predicted molar refractivity (Wildman–Crippen MR) is 122 cm³/mol. The molecular formula is C22H20N6O4S. The Morgan fingerprint density at radius 2 is 1.82 bits per heavy atom. The van der Waals surface area contributed by atoms with Crippen molar-refractivity contribution in [3.8, 4) is 11.4 Å². The summed E-state index contributed by atoms with van der Waals surface area (Å²) in [6, 6.07) is 17.9. The van der Waals surface area contributed by atoms with Gasteiger partial charge in [0.25, 0.3) is 15.9 Å². The first kappa shape index (κ1) is 22.0. The minimum absolute atomic E-state index is 0.00301. The maximum atomic E-state index is 13.0. The highest BCUT2D eigenvalue weighted by atomic mass is 32.2. The highest BCUT2D eigenvalue weighted by Crippen LogP contribution is 2.28. The van der Waals surface area contributed by atoms with Crippen molar-refractivity contribution in [1.82, 2.24) is 20.2 Å². The molecular weight excluding hydrogens is 444 g/mol. The van der Waals surface area contributed by atoms with Gasteiger partial charge in [0.05, 0.1) is 23.4 Å². The Kier molecular flexibility index (Phi) is 6.05. The van der Waals surface area contributed by atoms with Crippen LogP contribution in [0.25, 0.3) is 5.69 Å². The Hall–Kier alpha value is -4.25. The third kappa shape index (κ3) is 4.83. The average molecular weight is 465 g/mol. The molecule has 0 aliphatic heterocycles. The number of hydrogen-bond acceptors (Lipinski definition) is 7. The van der Waals surface area contributed by atoms with Gasteiger partial charge in [-0.05, 0) is 65.4 Å². The summed E-state index contributed by atoms with van der Waals surface area (Å²) >= 11 is 0. The average Bonchev–Trinajstić information content (AvgIpc) is 3.36. The van der Waals surface area contributed by atoms with Crippen molar-refractivity contribution in [2.24, 2.45) is 0 Å². The van der Waals surface area contributed by atoms with Crippen molar-refractivity contribution >= 4 is 27.3 Å². The molecule has 168 valence electrons. The van der Waals surface area contributed by atoms with Crippen LogP contribution in [0.4, 0.5) is 11.4 Å². The van der Waals surface area contributed by atoms with Crippen molar-refractivity contribution in [2.45, 2.75) is 11.8 Å². The van der Waals surface area contributed by atoms with Gasteiger partial charge in [-0.15, -0.1) is 5.10 Å². The third-order valence-corrected chi connectivity index (χ3v) is 6.20. The van der Waals surface area contributed by atoms with E-state index in [1.54, 1.807) is 61.5 Å². The Bertz CT molecular complexity index is 1400. The highest BCUT2D eigenvalue weighted by molar-refractivity contribution is 7.92. The number of carbonyl (C=O) groups excluding carboxylic acids is 1. The predicted octanol–water partition coefficient (Wildman–Crippen LogP) is 3.03. The molecule has 3 aromatic carbocycles. The van der Waals surface area contributed by atoms with Crippen molar-refractivity contribution in [3.63, 3.8) is 0 Å². The second-order valence-electron chi connectivity index (χ2n) is 7.04. The van der Waals surface area contributed by atoms with Crippen LogP contribution in [0.5, 0.6) is 5.75 Å². The van der Waals surface area contributed by atoms with E-state index >= 15 is 0 Å². The molecule has 0 bridgehead atoms. The lowest BCUT2D eigenvalue weighted by Gasteiger charge is -2.14. The molecule has 4 rings (SSSR count). The largest absolute Gasteiger partial charge is 0.495 e. The van der Waals surface area contributed by atoms with E-state index in [1.165, 1.54) is 30.3 Å². The SMILES string of the molecule is COc1ccccc1NS(=O)(=O)c1ccc(C)c(NC(=O)c2cccc(-n3cnnn3)c2)c1. The number of aryl methyl sites for hydroxylation is 1. The number of nitrogens with one attached hydrogen (secondary N) is 2. The fourth-order valence-corrected chi connectivity index (χ4v) is 4.20. The lowest BCUT2D eigenvalue weighted by Crippen LogP contribution is -2.16. The van der Waals surface area contributed by atoms with Gasteiger partial charge in [-0.1, -0.05) is 24.3 Å². The number of carbonyl (C=O) groups is 1. The number of amides is 1. The standard InChI is InChI=1S/C22H20N6O4S/c1-15-10-11-18(33(30,31)25-19-8-3-4-9-21(19)32-2)13-20(15)24-22(29)16-6-5-7-17(12-16)28-14-23-26-27-28/h3-14,25H,1-2H3,(H,24,29). The van der Waals surface area contributed by atoms with Crippen LogP contribution in [-0.2, 0) is 10.0 Å². The Morgan fingerprint density at radius 1 is 1.00 bits per heavy atom. The maximum Gasteiger partial charge on any atom is 0.262 e. The Labute approximate surface area is 190 Å². The molecule has 2 N–H and O–H groups in total. The van der Waals surface area contributed by atoms with E-state index in [9.17, 15) is 13.2 Å². The third-order valence-electron chi connectivity index (χ3n) is 4.84. The number of para-hydroxylation sites is 2. The first-order chi connectivity index (χ1) is 15.9. The molecule has 1 aromatic heterocycles. The number of hydrogen-bond donors (Lipinski definition) is 2. The molecule has 0 spiro atoms. The minimum Gasteiger partial charge on any atom is -0.495 e. The summed E-state index contributed by atoms with van der Waals surface area (Å²) in [6.45, 7) is 1.77. The number of methoxy groups -OCH3 is 1. The fraction of sp³-hybridized carbons (Fsp3) is 0.0909. The Balaban J connectivity index is 1.59. The van der Waals surface area contributed by atoms with Crippen LogP contribution in [0.1, 0.15) is 15.9 Å². The molecule has 0 radical (unpaired) electrons. The van der Waals surface area contributed by atoms with Gasteiger partial charge in [-0.25, -0.2) is 13.1 Å². The molecule has 0 saturated heterocycles. The van der Waals surface area contributed by atoms with Gasteiger partial charge in [0.1, 0.15) is 12.1 Å². The van der Waals surface area contributed by atoms with Gasteiger partial charge in [0.2, 0.25) is 0 Å². The summed E-state index contributed by atoms with van der Waals surface area (Å²) < 4.78 is 35.1. The number of nitrogens with zero attached hydrogens (tertiary/aromatic N) is 4. The van der Waals surface area contributed by atoms with E-state index in [-0.39, 0.29) is 4.90 Å². The smallest absolute Gasteiger partial charge is 0.262 e. The molecule has 1 amide bonds. The van der Waals surface area contributed by atoms with Crippen LogP contribution in [-0.4, -0.2) is 41.6 Å². The second-order valence-corrected chi connectivity index (χ2v) is 8.72. The molecule has 0 unspecified atom stereocenters. The second kappa shape index (κ2) is 9.09. The summed E-state index contributed by atoms with van der Waals surface area (Å²) in [5, 5.41) is 13.8. The Morgan fingerprint density at radius 3 is 2.58 bits per heavy atom. The first-order valence-corrected chi connectivity index (χ1v) is 11.3. The van der Waals surface area contributed by atoms with Gasteiger partial charge in [0.15, 0.2) is 0 Å². The highest BCUT2D eigenvalue weighted by Gasteiger charge is 2.19. The summed E-state index contributed by atoms with van der Waals surface area (Å²) in [7, 11) is -2.47. The lowest BCUT2D eigenvalue weighted by molar-refractivity contribution is 0.102. The van der Waals surface area contributed by atoms with E-state index in [2.05, 4.69) is 25.6 Å². The topological polar surface area (TPSA) is 128 Å². The van der Waals surface area contributed by atoms with Crippen LogP contribution in [0.3, 0.4) is 0 Å². The van der Waals surface area contributed by atoms with E-state index in [0.717, 1.165) is 0 Å². The summed E-state index contributed by atoms with van der Waals surface area (Å²) in [5.41, 5.74) is 2.36. The van der Waals surface area contributed by atoms with Crippen LogP contribution < -0.4 is 14.8 Å². The van der Waals surface area contributed by atoms with Crippen molar-refractivity contribution in [3.05, 3.63) is 84.2 Å². The van der Waals surface area contributed by atoms with Gasteiger partial charge in [-0.2, -0.15) is 0 Å². The quantitative estimate of drug-likeness (QED) is 0.430. The van der Waals surface area contributed by atoms with Crippen LogP contribution in [0.15, 0.2) is 78.0 Å². The molecule has 11 heteroatoms. The van der Waals surface area contributed by atoms with Crippen molar-refractivity contribution in [2.75, 3.05) is 17.1 Å². The zero-order valence-electron chi connectivity index (χ0n) is 17.8. The maximum absolute atomic E-state index is 13.0. The molecule has 0 saturated carbocycles. The zero-order valence-corrected chi connectivity index (χ0v) is 18.6. The number of sulfonamides is 1. The van der Waals surface area contributed by atoms with Gasteiger partial charge in [-0.3, -0.25) is 9.52 Å². The summed E-state index contributed by atoms with van der Waals surface area (Å²) in [5.74, 6) is -0.00978. The molecule has 33 heavy (non-hydrogen) atoms. The number of anilines is 2. The number of benzene rings is 3. The molecule has 1 heterocycles. The molecule has 0 aliphatic carbocycles.